The zero-order chi connectivity index (χ0) is 16.4. The summed E-state index contributed by atoms with van der Waals surface area (Å²) in [4.78, 5) is 11.8. The van der Waals surface area contributed by atoms with E-state index in [2.05, 4.69) is 27.3 Å². The highest BCUT2D eigenvalue weighted by molar-refractivity contribution is 5.98. The lowest BCUT2D eigenvalue weighted by Gasteiger charge is -2.29. The van der Waals surface area contributed by atoms with Crippen LogP contribution in [-0.2, 0) is 6.42 Å². The third kappa shape index (κ3) is 2.73. The molecule has 0 spiro atoms. The summed E-state index contributed by atoms with van der Waals surface area (Å²) in [5, 5.41) is 8.61. The van der Waals surface area contributed by atoms with Crippen molar-refractivity contribution in [3.05, 3.63) is 36.2 Å². The van der Waals surface area contributed by atoms with E-state index >= 15 is 0 Å². The maximum absolute atomic E-state index is 5.58. The van der Waals surface area contributed by atoms with Crippen LogP contribution in [0.5, 0.6) is 0 Å². The van der Waals surface area contributed by atoms with E-state index in [0.29, 0.717) is 5.71 Å². The van der Waals surface area contributed by atoms with Crippen molar-refractivity contribution in [2.45, 2.75) is 19.8 Å². The van der Waals surface area contributed by atoms with Gasteiger partial charge < -0.3 is 14.7 Å². The Kier molecular flexibility index (Phi) is 4.13. The van der Waals surface area contributed by atoms with Gasteiger partial charge in [0, 0.05) is 38.2 Å². The van der Waals surface area contributed by atoms with Crippen molar-refractivity contribution in [3.63, 3.8) is 0 Å². The molecular weight excluding hydrogens is 302 g/mol. The van der Waals surface area contributed by atoms with Crippen molar-refractivity contribution >= 4 is 16.9 Å². The molecule has 0 amide bonds. The Hall–Kier alpha value is -2.47. The van der Waals surface area contributed by atoms with Crippen molar-refractivity contribution in [3.8, 4) is 11.3 Å². The minimum atomic E-state index is 0.584. The predicted octanol–water partition coefficient (Wildman–Crippen LogP) is 2.65. The molecule has 1 aliphatic rings. The highest BCUT2D eigenvalue weighted by atomic mass is 16.5. The van der Waals surface area contributed by atoms with Gasteiger partial charge in [-0.3, -0.25) is 0 Å². The van der Waals surface area contributed by atoms with E-state index in [-0.39, 0.29) is 0 Å². The van der Waals surface area contributed by atoms with Gasteiger partial charge in [0.25, 0.3) is 5.71 Å². The van der Waals surface area contributed by atoms with E-state index < -0.39 is 0 Å². The van der Waals surface area contributed by atoms with Gasteiger partial charge in [-0.05, 0) is 6.42 Å². The molecule has 3 aromatic rings. The number of aryl methyl sites for hydroxylation is 1. The van der Waals surface area contributed by atoms with Crippen LogP contribution in [0.1, 0.15) is 19.2 Å². The lowest BCUT2D eigenvalue weighted by Crippen LogP contribution is -2.44. The fraction of sp³-hybridized carbons (Fsp3) is 0.389. The summed E-state index contributed by atoms with van der Waals surface area (Å²) in [5.74, 6) is 1.78. The van der Waals surface area contributed by atoms with Gasteiger partial charge in [-0.25, -0.2) is 4.98 Å². The molecule has 2 aromatic heterocycles. The second-order valence-electron chi connectivity index (χ2n) is 6.03. The molecule has 124 valence electrons. The fourth-order valence-corrected chi connectivity index (χ4v) is 3.11. The summed E-state index contributed by atoms with van der Waals surface area (Å²) in [6, 6.07) is 10.1. The zero-order valence-electron chi connectivity index (χ0n) is 13.8. The third-order valence-electron chi connectivity index (χ3n) is 4.30. The molecule has 1 N–H and O–H groups in total. The highest BCUT2D eigenvalue weighted by Crippen LogP contribution is 2.33. The number of aromatic nitrogens is 3. The maximum atomic E-state index is 5.58. The summed E-state index contributed by atoms with van der Waals surface area (Å²) in [7, 11) is 0. The number of hydrogen-bond donors (Lipinski definition) is 1. The molecule has 6 heteroatoms. The molecule has 24 heavy (non-hydrogen) atoms. The zero-order valence-corrected chi connectivity index (χ0v) is 13.8. The number of nitrogens with one attached hydrogen (secondary N) is 1. The molecule has 0 unspecified atom stereocenters. The first-order chi connectivity index (χ1) is 11.9. The van der Waals surface area contributed by atoms with E-state index in [1.165, 1.54) is 0 Å². The van der Waals surface area contributed by atoms with Crippen molar-refractivity contribution < 1.29 is 4.52 Å². The Morgan fingerprint density at radius 3 is 2.67 bits per heavy atom. The van der Waals surface area contributed by atoms with E-state index in [1.54, 1.807) is 0 Å². The van der Waals surface area contributed by atoms with Gasteiger partial charge in [-0.2, -0.15) is 4.98 Å². The SMILES string of the molecule is CCCc1nc(N2CCNCC2)c2c(-c3ccccc3)noc2n1. The Balaban J connectivity index is 1.90. The van der Waals surface area contributed by atoms with Gasteiger partial charge >= 0.3 is 0 Å². The van der Waals surface area contributed by atoms with Crippen LogP contribution in [0.4, 0.5) is 5.82 Å². The normalized spacial score (nSPS) is 15.1. The van der Waals surface area contributed by atoms with Crippen LogP contribution in [0, 0.1) is 0 Å². The molecule has 0 saturated carbocycles. The first kappa shape index (κ1) is 15.1. The number of nitrogens with zero attached hydrogens (tertiary/aromatic N) is 4. The van der Waals surface area contributed by atoms with Gasteiger partial charge in [0.1, 0.15) is 22.7 Å². The smallest absolute Gasteiger partial charge is 0.263 e. The van der Waals surface area contributed by atoms with Crippen molar-refractivity contribution in [1.82, 2.24) is 20.4 Å². The molecule has 6 nitrogen and oxygen atoms in total. The number of anilines is 1. The molecular formula is C18H21N5O. The van der Waals surface area contributed by atoms with Crippen LogP contribution in [0.3, 0.4) is 0 Å². The summed E-state index contributed by atoms with van der Waals surface area (Å²) in [6.45, 7) is 5.91. The van der Waals surface area contributed by atoms with Gasteiger partial charge in [0.05, 0.1) is 0 Å². The van der Waals surface area contributed by atoms with Crippen LogP contribution in [0.2, 0.25) is 0 Å². The van der Waals surface area contributed by atoms with E-state index in [9.17, 15) is 0 Å². The Labute approximate surface area is 140 Å². The summed E-state index contributed by atoms with van der Waals surface area (Å²) in [6.07, 6.45) is 1.85. The van der Waals surface area contributed by atoms with Crippen LogP contribution < -0.4 is 10.2 Å². The quantitative estimate of drug-likeness (QED) is 0.796. The lowest BCUT2D eigenvalue weighted by molar-refractivity contribution is 0.450. The van der Waals surface area contributed by atoms with Crippen LogP contribution >= 0.6 is 0 Å². The fourth-order valence-electron chi connectivity index (χ4n) is 3.11. The molecule has 0 atom stereocenters. The lowest BCUT2D eigenvalue weighted by atomic mass is 10.1. The topological polar surface area (TPSA) is 67.1 Å². The minimum absolute atomic E-state index is 0.584. The molecule has 3 heterocycles. The maximum Gasteiger partial charge on any atom is 0.263 e. The number of fused-ring (bicyclic) bond motifs is 1. The largest absolute Gasteiger partial charge is 0.353 e. The monoisotopic (exact) mass is 323 g/mol. The molecule has 1 aromatic carbocycles. The Bertz CT molecular complexity index is 824. The van der Waals surface area contributed by atoms with Crippen LogP contribution in [-0.4, -0.2) is 41.3 Å². The van der Waals surface area contributed by atoms with Gasteiger partial charge in [-0.15, -0.1) is 0 Å². The molecule has 0 radical (unpaired) electrons. The number of benzene rings is 1. The summed E-state index contributed by atoms with van der Waals surface area (Å²) in [5.41, 5.74) is 2.43. The molecule has 4 rings (SSSR count). The third-order valence-corrected chi connectivity index (χ3v) is 4.30. The van der Waals surface area contributed by atoms with Crippen molar-refractivity contribution in [2.24, 2.45) is 0 Å². The molecule has 0 bridgehead atoms. The van der Waals surface area contributed by atoms with Gasteiger partial charge in [0.15, 0.2) is 0 Å². The standard InChI is InChI=1S/C18H21N5O/c1-2-6-14-20-17(23-11-9-19-10-12-23)15-16(22-24-18(15)21-14)13-7-4-3-5-8-13/h3-5,7-8,19H,2,6,9-12H2,1H3. The summed E-state index contributed by atoms with van der Waals surface area (Å²) < 4.78 is 5.58. The Morgan fingerprint density at radius 2 is 1.92 bits per heavy atom. The minimum Gasteiger partial charge on any atom is -0.353 e. The van der Waals surface area contributed by atoms with Crippen molar-refractivity contribution in [2.75, 3.05) is 31.1 Å². The Morgan fingerprint density at radius 1 is 1.12 bits per heavy atom. The molecule has 1 fully saturated rings. The van der Waals surface area contributed by atoms with Gasteiger partial charge in [-0.1, -0.05) is 42.4 Å². The second-order valence-corrected chi connectivity index (χ2v) is 6.03. The van der Waals surface area contributed by atoms with E-state index in [4.69, 9.17) is 9.51 Å². The van der Waals surface area contributed by atoms with E-state index in [1.807, 2.05) is 30.3 Å². The van der Waals surface area contributed by atoms with Crippen LogP contribution in [0.25, 0.3) is 22.4 Å². The number of hydrogen-bond acceptors (Lipinski definition) is 6. The molecule has 1 saturated heterocycles. The number of piperazine rings is 1. The molecule has 1 aliphatic heterocycles. The second kappa shape index (κ2) is 6.57. The first-order valence-electron chi connectivity index (χ1n) is 8.54. The van der Waals surface area contributed by atoms with E-state index in [0.717, 1.165) is 67.3 Å². The van der Waals surface area contributed by atoms with Gasteiger partial charge in [0.2, 0.25) is 0 Å². The average Bonchev–Trinajstić information content (AvgIpc) is 3.07. The van der Waals surface area contributed by atoms with Crippen molar-refractivity contribution in [1.29, 1.82) is 0 Å². The summed E-state index contributed by atoms with van der Waals surface area (Å²) >= 11 is 0. The first-order valence-corrected chi connectivity index (χ1v) is 8.54. The average molecular weight is 323 g/mol. The predicted molar refractivity (Wildman–Crippen MR) is 94.1 cm³/mol. The van der Waals surface area contributed by atoms with Crippen LogP contribution in [0.15, 0.2) is 34.9 Å². The molecule has 0 aliphatic carbocycles. The number of rotatable bonds is 4. The highest BCUT2D eigenvalue weighted by Gasteiger charge is 2.23.